The van der Waals surface area contributed by atoms with Gasteiger partial charge >= 0.3 is 0 Å². The molecular weight excluding hydrogens is 395 g/mol. The lowest BCUT2D eigenvalue weighted by atomic mass is 9.71. The highest BCUT2D eigenvalue weighted by atomic mass is 79.9. The molecule has 0 bridgehead atoms. The molecule has 1 aromatic heterocycles. The summed E-state index contributed by atoms with van der Waals surface area (Å²) in [7, 11) is 0. The van der Waals surface area contributed by atoms with E-state index in [1.807, 2.05) is 24.3 Å². The highest BCUT2D eigenvalue weighted by Gasteiger charge is 2.57. The summed E-state index contributed by atoms with van der Waals surface area (Å²) in [6.45, 7) is 4.43. The van der Waals surface area contributed by atoms with Crippen molar-refractivity contribution in [1.82, 2.24) is 10.3 Å². The monoisotopic (exact) mass is 414 g/mol. The first-order valence-corrected chi connectivity index (χ1v) is 8.49. The molecule has 0 amide bonds. The Balaban J connectivity index is 0.00000208. The fourth-order valence-corrected chi connectivity index (χ4v) is 3.37. The van der Waals surface area contributed by atoms with E-state index in [1.54, 1.807) is 12.3 Å². The van der Waals surface area contributed by atoms with Crippen molar-refractivity contribution in [3.8, 4) is 0 Å². The molecule has 1 aliphatic heterocycles. The minimum atomic E-state index is -1.76. The van der Waals surface area contributed by atoms with Crippen LogP contribution in [0.4, 0.5) is 4.39 Å². The van der Waals surface area contributed by atoms with Crippen LogP contribution in [0.2, 0.25) is 0 Å². The number of benzene rings is 1. The molecular formula is C18H21BrClFN2O. The Morgan fingerprint density at radius 2 is 1.83 bits per heavy atom. The van der Waals surface area contributed by atoms with E-state index in [0.29, 0.717) is 21.5 Å². The Morgan fingerprint density at radius 3 is 2.29 bits per heavy atom. The molecule has 1 saturated heterocycles. The van der Waals surface area contributed by atoms with Gasteiger partial charge in [0.1, 0.15) is 0 Å². The first-order chi connectivity index (χ1) is 10.9. The van der Waals surface area contributed by atoms with E-state index in [1.165, 1.54) is 6.20 Å². The van der Waals surface area contributed by atoms with E-state index in [-0.39, 0.29) is 25.5 Å². The Morgan fingerprint density at radius 1 is 1.21 bits per heavy atom. The number of hydrogen-bond acceptors (Lipinski definition) is 3. The number of nitrogens with one attached hydrogen (secondary N) is 1. The quantitative estimate of drug-likeness (QED) is 0.795. The molecule has 0 spiro atoms. The van der Waals surface area contributed by atoms with Crippen LogP contribution < -0.4 is 5.32 Å². The van der Waals surface area contributed by atoms with Crippen LogP contribution in [0.1, 0.15) is 36.5 Å². The summed E-state index contributed by atoms with van der Waals surface area (Å²) in [5.74, 6) is 0.384. The highest BCUT2D eigenvalue weighted by molar-refractivity contribution is 9.10. The molecule has 0 aliphatic carbocycles. The van der Waals surface area contributed by atoms with Crippen LogP contribution >= 0.6 is 28.3 Å². The average Bonchev–Trinajstić information content (AvgIpc) is 2.52. The maximum absolute atomic E-state index is 15.4. The number of aliphatic hydroxyl groups is 1. The van der Waals surface area contributed by atoms with Crippen molar-refractivity contribution in [3.05, 3.63) is 63.9 Å². The number of aromatic nitrogens is 1. The molecule has 2 N–H and O–H groups in total. The minimum Gasteiger partial charge on any atom is -0.377 e. The third-order valence-corrected chi connectivity index (χ3v) is 5.01. The molecule has 130 valence electrons. The topological polar surface area (TPSA) is 45.2 Å². The predicted molar refractivity (Wildman–Crippen MR) is 99.4 cm³/mol. The van der Waals surface area contributed by atoms with Crippen molar-refractivity contribution in [3.63, 3.8) is 0 Å². The summed E-state index contributed by atoms with van der Waals surface area (Å²) in [4.78, 5) is 4.10. The normalized spacial score (nSPS) is 18.4. The second kappa shape index (κ2) is 7.08. The van der Waals surface area contributed by atoms with Crippen LogP contribution in [-0.4, -0.2) is 28.8 Å². The lowest BCUT2D eigenvalue weighted by Crippen LogP contribution is -2.68. The van der Waals surface area contributed by atoms with Gasteiger partial charge in [-0.3, -0.25) is 4.98 Å². The van der Waals surface area contributed by atoms with Crippen LogP contribution in [0, 0.1) is 0 Å². The molecule has 6 heteroatoms. The van der Waals surface area contributed by atoms with Crippen LogP contribution in [0.5, 0.6) is 0 Å². The van der Waals surface area contributed by atoms with Crippen molar-refractivity contribution in [1.29, 1.82) is 0 Å². The molecule has 24 heavy (non-hydrogen) atoms. The Hall–Kier alpha value is -1.01. The zero-order valence-corrected chi connectivity index (χ0v) is 16.0. The second-order valence-corrected chi connectivity index (χ2v) is 7.36. The van der Waals surface area contributed by atoms with Gasteiger partial charge in [-0.2, -0.15) is 0 Å². The van der Waals surface area contributed by atoms with Crippen LogP contribution in [0.25, 0.3) is 0 Å². The number of alkyl halides is 1. The van der Waals surface area contributed by atoms with Gasteiger partial charge in [-0.05, 0) is 39.0 Å². The lowest BCUT2D eigenvalue weighted by Gasteiger charge is -2.48. The molecule has 2 heterocycles. The summed E-state index contributed by atoms with van der Waals surface area (Å²) < 4.78 is 16.1. The van der Waals surface area contributed by atoms with E-state index in [4.69, 9.17) is 0 Å². The van der Waals surface area contributed by atoms with Gasteiger partial charge in [0.25, 0.3) is 0 Å². The summed E-state index contributed by atoms with van der Waals surface area (Å²) in [6, 6.07) is 9.26. The van der Waals surface area contributed by atoms with Crippen molar-refractivity contribution in [2.45, 2.75) is 31.0 Å². The third kappa shape index (κ3) is 3.10. The Kier molecular flexibility index (Phi) is 5.70. The van der Waals surface area contributed by atoms with Crippen LogP contribution in [0.3, 0.4) is 0 Å². The summed E-state index contributed by atoms with van der Waals surface area (Å²) in [6.07, 6.45) is 3.15. The molecule has 1 fully saturated rings. The van der Waals surface area contributed by atoms with Crippen molar-refractivity contribution >= 4 is 28.3 Å². The van der Waals surface area contributed by atoms with Gasteiger partial charge in [0, 0.05) is 35.5 Å². The standard InChI is InChI=1S/C18H20BrFN2O.ClH/c1-12(2)13-3-5-14(6-4-13)18(23,17(20)10-22-11-17)15-7-16(19)9-21-8-15;/h3-9,12,22-23H,10-11H2,1-2H3;1H/t18-;/m0./s1. The van der Waals surface area contributed by atoms with Gasteiger partial charge in [0.2, 0.25) is 0 Å². The molecule has 1 aromatic carbocycles. The number of nitrogens with zero attached hydrogens (tertiary/aromatic N) is 1. The predicted octanol–water partition coefficient (Wildman–Crippen LogP) is 3.94. The first-order valence-electron chi connectivity index (χ1n) is 7.70. The maximum atomic E-state index is 15.4. The zero-order chi connectivity index (χ0) is 16.7. The molecule has 2 aromatic rings. The lowest BCUT2D eigenvalue weighted by molar-refractivity contribution is -0.108. The molecule has 0 radical (unpaired) electrons. The van der Waals surface area contributed by atoms with Crippen molar-refractivity contribution in [2.75, 3.05) is 13.1 Å². The van der Waals surface area contributed by atoms with E-state index in [2.05, 4.69) is 40.1 Å². The smallest absolute Gasteiger partial charge is 0.172 e. The van der Waals surface area contributed by atoms with Crippen molar-refractivity contribution < 1.29 is 9.50 Å². The second-order valence-electron chi connectivity index (χ2n) is 6.45. The number of rotatable bonds is 4. The van der Waals surface area contributed by atoms with Gasteiger partial charge in [-0.25, -0.2) is 4.39 Å². The fourth-order valence-electron chi connectivity index (χ4n) is 3.00. The first kappa shape index (κ1) is 19.3. The molecule has 3 rings (SSSR count). The van der Waals surface area contributed by atoms with Crippen molar-refractivity contribution in [2.24, 2.45) is 0 Å². The molecule has 0 saturated carbocycles. The maximum Gasteiger partial charge on any atom is 0.172 e. The summed E-state index contributed by atoms with van der Waals surface area (Å²) in [5.41, 5.74) is -1.33. The SMILES string of the molecule is CC(C)c1ccc([C@](O)(c2cncc(Br)c2)C2(F)CNC2)cc1.Cl. The summed E-state index contributed by atoms with van der Waals surface area (Å²) >= 11 is 3.35. The van der Waals surface area contributed by atoms with E-state index < -0.39 is 11.3 Å². The van der Waals surface area contributed by atoms with Crippen LogP contribution in [-0.2, 0) is 5.60 Å². The van der Waals surface area contributed by atoms with Gasteiger partial charge < -0.3 is 10.4 Å². The molecule has 3 nitrogen and oxygen atoms in total. The van der Waals surface area contributed by atoms with Gasteiger partial charge in [-0.15, -0.1) is 12.4 Å². The zero-order valence-electron chi connectivity index (χ0n) is 13.6. The Bertz CT molecular complexity index is 706. The number of halogens is 3. The molecule has 1 aliphatic rings. The number of hydrogen-bond donors (Lipinski definition) is 2. The number of pyridine rings is 1. The highest BCUT2D eigenvalue weighted by Crippen LogP contribution is 2.44. The summed E-state index contributed by atoms with van der Waals surface area (Å²) in [5, 5.41) is 14.3. The van der Waals surface area contributed by atoms with E-state index in [0.717, 1.165) is 5.56 Å². The Labute approximate surface area is 156 Å². The van der Waals surface area contributed by atoms with E-state index >= 15 is 4.39 Å². The van der Waals surface area contributed by atoms with Gasteiger partial charge in [-0.1, -0.05) is 38.1 Å². The van der Waals surface area contributed by atoms with E-state index in [9.17, 15) is 5.11 Å². The average molecular weight is 416 g/mol. The van der Waals surface area contributed by atoms with Gasteiger partial charge in [0.15, 0.2) is 11.3 Å². The fraction of sp³-hybridized carbons (Fsp3) is 0.389. The van der Waals surface area contributed by atoms with Gasteiger partial charge in [0.05, 0.1) is 0 Å². The minimum absolute atomic E-state index is 0. The van der Waals surface area contributed by atoms with Crippen LogP contribution in [0.15, 0.2) is 47.2 Å². The third-order valence-electron chi connectivity index (χ3n) is 4.58. The largest absolute Gasteiger partial charge is 0.377 e. The molecule has 0 unspecified atom stereocenters. The molecule has 1 atom stereocenters.